The van der Waals surface area contributed by atoms with Crippen LogP contribution in [0.15, 0.2) is 89.3 Å². The van der Waals surface area contributed by atoms with E-state index in [4.69, 9.17) is 13.6 Å². The van der Waals surface area contributed by atoms with E-state index in [1.165, 1.54) is 7.11 Å². The minimum absolute atomic E-state index is 0.0137. The monoisotopic (exact) mass is 571 g/mol. The molecule has 1 aromatic heterocycles. The molecular weight excluding hydrogens is 530 g/mol. The van der Waals surface area contributed by atoms with E-state index in [0.29, 0.717) is 25.0 Å². The summed E-state index contributed by atoms with van der Waals surface area (Å²) in [6.07, 6.45) is 0.922. The second-order valence-electron chi connectivity index (χ2n) is 12.1. The largest absolute Gasteiger partial charge is 0.469 e. The molecule has 6 nitrogen and oxygen atoms in total. The van der Waals surface area contributed by atoms with Crippen LogP contribution in [-0.4, -0.2) is 40.0 Å². The molecule has 3 aromatic carbocycles. The van der Waals surface area contributed by atoms with Gasteiger partial charge in [-0.05, 0) is 60.8 Å². The Morgan fingerprint density at radius 3 is 2.22 bits per heavy atom. The Labute approximate surface area is 244 Å². The third-order valence-corrected chi connectivity index (χ3v) is 12.6. The topological polar surface area (TPSA) is 77.8 Å². The SMILES string of the molecule is COC(=O)[C@@H](Cc1ccccc1)C[C@@H](CO[Si](C)(C)C(C)(C)C)NC(=O)c1ccc(-c2cc3ccccc3o2)cc1. The van der Waals surface area contributed by atoms with Crippen LogP contribution in [0, 0.1) is 5.92 Å². The zero-order valence-electron chi connectivity index (χ0n) is 24.9. The van der Waals surface area contributed by atoms with Gasteiger partial charge >= 0.3 is 5.97 Å². The molecule has 1 heterocycles. The summed E-state index contributed by atoms with van der Waals surface area (Å²) in [5.74, 6) is -0.184. The highest BCUT2D eigenvalue weighted by atomic mass is 28.4. The number of benzene rings is 3. The second kappa shape index (κ2) is 12.9. The Kier molecular flexibility index (Phi) is 9.51. The van der Waals surface area contributed by atoms with E-state index in [9.17, 15) is 9.59 Å². The molecule has 0 spiro atoms. The van der Waals surface area contributed by atoms with Gasteiger partial charge in [0.05, 0.1) is 25.7 Å². The van der Waals surface area contributed by atoms with E-state index >= 15 is 0 Å². The Morgan fingerprint density at radius 1 is 0.927 bits per heavy atom. The predicted octanol–water partition coefficient (Wildman–Crippen LogP) is 7.64. The van der Waals surface area contributed by atoms with Crippen molar-refractivity contribution in [1.82, 2.24) is 5.32 Å². The molecule has 7 heteroatoms. The van der Waals surface area contributed by atoms with Crippen LogP contribution in [0.2, 0.25) is 18.1 Å². The number of hydrogen-bond donors (Lipinski definition) is 1. The summed E-state index contributed by atoms with van der Waals surface area (Å²) in [6, 6.07) is 26.7. The van der Waals surface area contributed by atoms with Crippen LogP contribution in [0.4, 0.5) is 0 Å². The number of methoxy groups -OCH3 is 1. The van der Waals surface area contributed by atoms with Crippen LogP contribution in [0.25, 0.3) is 22.3 Å². The van der Waals surface area contributed by atoms with E-state index in [2.05, 4.69) is 39.2 Å². The number of rotatable bonds is 11. The number of carbonyl (C=O) groups excluding carboxylic acids is 2. The van der Waals surface area contributed by atoms with Gasteiger partial charge in [-0.2, -0.15) is 0 Å². The molecule has 0 aliphatic heterocycles. The molecule has 41 heavy (non-hydrogen) atoms. The maximum absolute atomic E-state index is 13.4. The molecule has 4 rings (SSSR count). The molecule has 0 saturated carbocycles. The molecule has 1 amide bonds. The Balaban J connectivity index is 1.52. The van der Waals surface area contributed by atoms with E-state index in [-0.39, 0.29) is 23.0 Å². The first-order valence-electron chi connectivity index (χ1n) is 14.1. The molecule has 0 fully saturated rings. The minimum Gasteiger partial charge on any atom is -0.469 e. The van der Waals surface area contributed by atoms with Gasteiger partial charge in [-0.15, -0.1) is 0 Å². The molecular formula is C34H41NO5Si. The van der Waals surface area contributed by atoms with Crippen molar-refractivity contribution in [3.63, 3.8) is 0 Å². The zero-order valence-corrected chi connectivity index (χ0v) is 25.9. The summed E-state index contributed by atoms with van der Waals surface area (Å²) < 4.78 is 17.7. The van der Waals surface area contributed by atoms with Crippen molar-refractivity contribution < 1.29 is 23.2 Å². The fourth-order valence-electron chi connectivity index (χ4n) is 4.54. The van der Waals surface area contributed by atoms with Gasteiger partial charge in [-0.25, -0.2) is 0 Å². The minimum atomic E-state index is -2.10. The van der Waals surface area contributed by atoms with Crippen LogP contribution in [0.1, 0.15) is 43.1 Å². The highest BCUT2D eigenvalue weighted by Crippen LogP contribution is 2.37. The van der Waals surface area contributed by atoms with Crippen LogP contribution >= 0.6 is 0 Å². The van der Waals surface area contributed by atoms with Crippen LogP contribution in [0.3, 0.4) is 0 Å². The van der Waals surface area contributed by atoms with E-state index in [1.807, 2.05) is 72.8 Å². The van der Waals surface area contributed by atoms with Crippen molar-refractivity contribution in [3.8, 4) is 11.3 Å². The molecule has 0 radical (unpaired) electrons. The maximum Gasteiger partial charge on any atom is 0.309 e. The number of carbonyl (C=O) groups is 2. The molecule has 0 aliphatic rings. The highest BCUT2D eigenvalue weighted by Gasteiger charge is 2.38. The van der Waals surface area contributed by atoms with Crippen molar-refractivity contribution in [2.24, 2.45) is 5.92 Å². The molecule has 0 aliphatic carbocycles. The number of hydrogen-bond acceptors (Lipinski definition) is 5. The first kappa shape index (κ1) is 30.3. The average molecular weight is 572 g/mol. The molecule has 0 unspecified atom stereocenters. The van der Waals surface area contributed by atoms with Gasteiger partial charge in [-0.3, -0.25) is 9.59 Å². The molecule has 4 aromatic rings. The third-order valence-electron chi connectivity index (χ3n) is 8.07. The van der Waals surface area contributed by atoms with Crippen molar-refractivity contribution in [2.45, 2.75) is 57.8 Å². The molecule has 1 N–H and O–H groups in total. The van der Waals surface area contributed by atoms with E-state index < -0.39 is 14.2 Å². The lowest BCUT2D eigenvalue weighted by atomic mass is 9.92. The Morgan fingerprint density at radius 2 is 1.59 bits per heavy atom. The Bertz CT molecular complexity index is 1420. The third kappa shape index (κ3) is 7.74. The standard InChI is InChI=1S/C34H41NO5Si/c1-34(2,3)41(5,6)39-23-29(21-28(33(37)38-4)20-24-12-8-7-9-13-24)35-32(36)26-18-16-25(17-19-26)31-22-27-14-10-11-15-30(27)40-31/h7-19,22,28-29H,20-21,23H2,1-6H3,(H,35,36)/t28-,29-/m0/s1. The first-order chi connectivity index (χ1) is 19.5. The lowest BCUT2D eigenvalue weighted by Gasteiger charge is -2.37. The van der Waals surface area contributed by atoms with Crippen molar-refractivity contribution in [1.29, 1.82) is 0 Å². The summed E-state index contributed by atoms with van der Waals surface area (Å²) in [7, 11) is -0.689. The number of ether oxygens (including phenoxy) is 1. The van der Waals surface area contributed by atoms with Crippen molar-refractivity contribution >= 4 is 31.2 Å². The predicted molar refractivity (Wildman–Crippen MR) is 166 cm³/mol. The van der Waals surface area contributed by atoms with Gasteiger partial charge in [0.25, 0.3) is 5.91 Å². The summed E-state index contributed by atoms with van der Waals surface area (Å²) >= 11 is 0. The Hall–Kier alpha value is -3.68. The van der Waals surface area contributed by atoms with Gasteiger partial charge in [0.15, 0.2) is 8.32 Å². The fraction of sp³-hybridized carbons (Fsp3) is 0.353. The molecule has 2 atom stereocenters. The summed E-state index contributed by atoms with van der Waals surface area (Å²) in [4.78, 5) is 26.3. The number of fused-ring (bicyclic) bond motifs is 1. The highest BCUT2D eigenvalue weighted by molar-refractivity contribution is 6.74. The lowest BCUT2D eigenvalue weighted by Crippen LogP contribution is -2.47. The molecule has 0 saturated heterocycles. The van der Waals surface area contributed by atoms with Gasteiger partial charge in [-0.1, -0.05) is 81.4 Å². The average Bonchev–Trinajstić information content (AvgIpc) is 3.39. The van der Waals surface area contributed by atoms with Gasteiger partial charge in [0.1, 0.15) is 11.3 Å². The summed E-state index contributed by atoms with van der Waals surface area (Å²) in [5, 5.41) is 4.21. The fourth-order valence-corrected chi connectivity index (χ4v) is 5.60. The summed E-state index contributed by atoms with van der Waals surface area (Å²) in [5.41, 5.74) is 3.29. The van der Waals surface area contributed by atoms with Crippen LogP contribution < -0.4 is 5.32 Å². The normalized spacial score (nSPS) is 13.5. The maximum atomic E-state index is 13.4. The second-order valence-corrected chi connectivity index (χ2v) is 16.9. The quantitative estimate of drug-likeness (QED) is 0.148. The van der Waals surface area contributed by atoms with Crippen molar-refractivity contribution in [3.05, 3.63) is 96.1 Å². The molecule has 216 valence electrons. The first-order valence-corrected chi connectivity index (χ1v) is 17.0. The van der Waals surface area contributed by atoms with E-state index in [0.717, 1.165) is 27.9 Å². The van der Waals surface area contributed by atoms with Crippen molar-refractivity contribution in [2.75, 3.05) is 13.7 Å². The van der Waals surface area contributed by atoms with Crippen LogP contribution in [0.5, 0.6) is 0 Å². The lowest BCUT2D eigenvalue weighted by molar-refractivity contribution is -0.145. The van der Waals surface area contributed by atoms with Gasteiger partial charge in [0, 0.05) is 16.5 Å². The molecule has 0 bridgehead atoms. The smallest absolute Gasteiger partial charge is 0.309 e. The van der Waals surface area contributed by atoms with E-state index in [1.54, 1.807) is 12.1 Å². The summed E-state index contributed by atoms with van der Waals surface area (Å²) in [6.45, 7) is 11.2. The number of esters is 1. The van der Waals surface area contributed by atoms with Crippen LogP contribution in [-0.2, 0) is 20.4 Å². The number of amides is 1. The number of nitrogens with one attached hydrogen (secondary N) is 1. The number of para-hydroxylation sites is 1. The zero-order chi connectivity index (χ0) is 29.6. The van der Waals surface area contributed by atoms with Gasteiger partial charge in [0.2, 0.25) is 0 Å². The van der Waals surface area contributed by atoms with Gasteiger partial charge < -0.3 is 18.9 Å². The number of furan rings is 1.